The molecular formula is C19H21F3. The number of benzene rings is 1. The largest absolute Gasteiger partial charge is 0.216 e. The Morgan fingerprint density at radius 2 is 1.77 bits per heavy atom. The van der Waals surface area contributed by atoms with Crippen molar-refractivity contribution < 1.29 is 13.2 Å². The highest BCUT2D eigenvalue weighted by molar-refractivity contribution is 5.39. The molecule has 0 unspecified atom stereocenters. The molecule has 0 aromatic heterocycles. The second-order valence-corrected chi connectivity index (χ2v) is 5.88. The summed E-state index contributed by atoms with van der Waals surface area (Å²) in [6.45, 7) is 1.97. The van der Waals surface area contributed by atoms with Gasteiger partial charge in [-0.25, -0.2) is 13.2 Å². The summed E-state index contributed by atoms with van der Waals surface area (Å²) in [5, 5.41) is 0. The Hall–Kier alpha value is -1.69. The molecule has 0 spiro atoms. The van der Waals surface area contributed by atoms with Crippen LogP contribution >= 0.6 is 0 Å². The number of rotatable bonds is 3. The normalized spacial score (nSPS) is 21.6. The summed E-state index contributed by atoms with van der Waals surface area (Å²) < 4.78 is 40.0. The van der Waals surface area contributed by atoms with Crippen molar-refractivity contribution in [3.8, 4) is 11.8 Å². The predicted octanol–water partition coefficient (Wildman–Crippen LogP) is 5.56. The van der Waals surface area contributed by atoms with Gasteiger partial charge in [0.15, 0.2) is 0 Å². The predicted molar refractivity (Wildman–Crippen MR) is 82.9 cm³/mol. The Kier molecular flexibility index (Phi) is 6.12. The number of allylic oxidation sites excluding steroid dienone is 1. The van der Waals surface area contributed by atoms with E-state index in [0.29, 0.717) is 18.3 Å². The van der Waals surface area contributed by atoms with Crippen molar-refractivity contribution in [3.05, 3.63) is 47.3 Å². The molecule has 0 aliphatic heterocycles. The van der Waals surface area contributed by atoms with E-state index < -0.39 is 11.6 Å². The van der Waals surface area contributed by atoms with Gasteiger partial charge in [0, 0.05) is 5.92 Å². The molecule has 0 heterocycles. The highest BCUT2D eigenvalue weighted by atomic mass is 19.1. The molecule has 0 N–H and O–H groups in total. The average Bonchev–Trinajstić information content (AvgIpc) is 2.49. The van der Waals surface area contributed by atoms with Crippen LogP contribution in [0.5, 0.6) is 0 Å². The first-order valence-corrected chi connectivity index (χ1v) is 7.90. The first-order chi connectivity index (χ1) is 10.6. The fourth-order valence-corrected chi connectivity index (χ4v) is 2.91. The van der Waals surface area contributed by atoms with Crippen molar-refractivity contribution in [1.29, 1.82) is 0 Å². The monoisotopic (exact) mass is 306 g/mol. The fourth-order valence-electron chi connectivity index (χ4n) is 2.91. The Morgan fingerprint density at radius 1 is 1.14 bits per heavy atom. The van der Waals surface area contributed by atoms with Crippen LogP contribution in [-0.4, -0.2) is 0 Å². The van der Waals surface area contributed by atoms with Gasteiger partial charge in [0.25, 0.3) is 0 Å². The Labute approximate surface area is 130 Å². The van der Waals surface area contributed by atoms with Crippen LogP contribution in [0.2, 0.25) is 0 Å². The van der Waals surface area contributed by atoms with Crippen LogP contribution in [-0.2, 0) is 6.42 Å². The van der Waals surface area contributed by atoms with Gasteiger partial charge in [0.05, 0.1) is 11.9 Å². The summed E-state index contributed by atoms with van der Waals surface area (Å²) in [5.74, 6) is 4.91. The smallest absolute Gasteiger partial charge is 0.142 e. The van der Waals surface area contributed by atoms with E-state index in [1.165, 1.54) is 12.1 Å². The summed E-state index contributed by atoms with van der Waals surface area (Å²) in [6.07, 6.45) is 7.13. The van der Waals surface area contributed by atoms with Gasteiger partial charge in [0.1, 0.15) is 11.6 Å². The van der Waals surface area contributed by atoms with Gasteiger partial charge in [-0.05, 0) is 55.7 Å². The quantitative estimate of drug-likeness (QED) is 0.641. The highest BCUT2D eigenvalue weighted by Gasteiger charge is 2.18. The minimum Gasteiger partial charge on any atom is -0.216 e. The summed E-state index contributed by atoms with van der Waals surface area (Å²) in [4.78, 5) is 0. The maximum atomic E-state index is 14.0. The molecule has 1 aromatic rings. The second kappa shape index (κ2) is 8.08. The molecule has 0 radical (unpaired) electrons. The third kappa shape index (κ3) is 4.40. The van der Waals surface area contributed by atoms with Gasteiger partial charge in [0.2, 0.25) is 0 Å². The molecule has 118 valence electrons. The van der Waals surface area contributed by atoms with Crippen molar-refractivity contribution in [1.82, 2.24) is 0 Å². The van der Waals surface area contributed by atoms with Crippen LogP contribution < -0.4 is 0 Å². The molecule has 2 rings (SSSR count). The van der Waals surface area contributed by atoms with Gasteiger partial charge in [-0.1, -0.05) is 31.3 Å². The molecule has 0 atom stereocenters. The molecule has 3 heteroatoms. The van der Waals surface area contributed by atoms with Crippen molar-refractivity contribution in [3.63, 3.8) is 0 Å². The van der Waals surface area contributed by atoms with E-state index >= 15 is 0 Å². The number of hydrogen-bond donors (Lipinski definition) is 0. The van der Waals surface area contributed by atoms with Crippen molar-refractivity contribution >= 4 is 0 Å². The van der Waals surface area contributed by atoms with E-state index in [2.05, 4.69) is 11.8 Å². The molecule has 1 aliphatic rings. The lowest BCUT2D eigenvalue weighted by Crippen LogP contribution is -2.11. The minimum absolute atomic E-state index is 0.134. The van der Waals surface area contributed by atoms with Crippen LogP contribution in [0.1, 0.15) is 50.2 Å². The zero-order valence-corrected chi connectivity index (χ0v) is 12.8. The third-order valence-corrected chi connectivity index (χ3v) is 4.16. The lowest BCUT2D eigenvalue weighted by Gasteiger charge is -2.22. The molecule has 22 heavy (non-hydrogen) atoms. The molecular weight excluding hydrogens is 285 g/mol. The topological polar surface area (TPSA) is 0 Å². The molecule has 1 aliphatic carbocycles. The van der Waals surface area contributed by atoms with Crippen LogP contribution in [0.3, 0.4) is 0 Å². The van der Waals surface area contributed by atoms with Crippen molar-refractivity contribution in [2.75, 3.05) is 0 Å². The average molecular weight is 306 g/mol. The summed E-state index contributed by atoms with van der Waals surface area (Å²) in [5.41, 5.74) is 0.534. The Morgan fingerprint density at radius 3 is 2.32 bits per heavy atom. The maximum absolute atomic E-state index is 14.0. The number of aryl methyl sites for hydroxylation is 1. The van der Waals surface area contributed by atoms with Crippen LogP contribution in [0, 0.1) is 35.3 Å². The van der Waals surface area contributed by atoms with Crippen LogP contribution in [0.15, 0.2) is 24.5 Å². The van der Waals surface area contributed by atoms with Crippen LogP contribution in [0.4, 0.5) is 13.2 Å². The zero-order chi connectivity index (χ0) is 15.9. The SMILES string of the molecule is CCCc1cc(F)c(C#C[C@H]2CC[C@H](C=CF)CC2)c(F)c1. The zero-order valence-electron chi connectivity index (χ0n) is 12.8. The van der Waals surface area contributed by atoms with Gasteiger partial charge < -0.3 is 0 Å². The molecule has 0 bridgehead atoms. The van der Waals surface area contributed by atoms with E-state index in [1.54, 1.807) is 6.08 Å². The fraction of sp³-hybridized carbons (Fsp3) is 0.474. The van der Waals surface area contributed by atoms with Gasteiger partial charge >= 0.3 is 0 Å². The van der Waals surface area contributed by atoms with E-state index in [-0.39, 0.29) is 17.4 Å². The lowest BCUT2D eigenvalue weighted by atomic mass is 9.82. The molecule has 0 amide bonds. The Bertz CT molecular complexity index is 561. The van der Waals surface area contributed by atoms with E-state index in [0.717, 1.165) is 32.1 Å². The molecule has 1 aromatic carbocycles. The van der Waals surface area contributed by atoms with Gasteiger partial charge in [-0.15, -0.1) is 0 Å². The summed E-state index contributed by atoms with van der Waals surface area (Å²) in [6, 6.07) is 2.75. The first-order valence-electron chi connectivity index (χ1n) is 7.90. The molecule has 1 fully saturated rings. The van der Waals surface area contributed by atoms with E-state index in [4.69, 9.17) is 0 Å². The van der Waals surface area contributed by atoms with Gasteiger partial charge in [-0.3, -0.25) is 0 Å². The standard InChI is InChI=1S/C19H21F3/c1-2-3-16-12-18(21)17(19(22)13-16)9-8-14-4-6-15(7-5-14)10-11-20/h10-15H,2-7H2,1H3/t14-,15-. The molecule has 0 saturated heterocycles. The van der Waals surface area contributed by atoms with Crippen molar-refractivity contribution in [2.45, 2.75) is 45.4 Å². The maximum Gasteiger partial charge on any atom is 0.142 e. The second-order valence-electron chi connectivity index (χ2n) is 5.88. The highest BCUT2D eigenvalue weighted by Crippen LogP contribution is 2.29. The first kappa shape index (κ1) is 16.7. The Balaban J connectivity index is 2.06. The number of halogens is 3. The lowest BCUT2D eigenvalue weighted by molar-refractivity contribution is 0.362. The van der Waals surface area contributed by atoms with E-state index in [9.17, 15) is 13.2 Å². The summed E-state index contributed by atoms with van der Waals surface area (Å²) in [7, 11) is 0. The van der Waals surface area contributed by atoms with Crippen molar-refractivity contribution in [2.24, 2.45) is 11.8 Å². The minimum atomic E-state index is -0.579. The number of hydrogen-bond acceptors (Lipinski definition) is 0. The molecule has 1 saturated carbocycles. The summed E-state index contributed by atoms with van der Waals surface area (Å²) >= 11 is 0. The van der Waals surface area contributed by atoms with Crippen LogP contribution in [0.25, 0.3) is 0 Å². The third-order valence-electron chi connectivity index (χ3n) is 4.16. The van der Waals surface area contributed by atoms with E-state index in [1.807, 2.05) is 6.92 Å². The molecule has 0 nitrogen and oxygen atoms in total. The van der Waals surface area contributed by atoms with Gasteiger partial charge in [-0.2, -0.15) is 0 Å².